The Bertz CT molecular complexity index is 1050. The summed E-state index contributed by atoms with van der Waals surface area (Å²) >= 11 is 0. The van der Waals surface area contributed by atoms with Crippen LogP contribution < -0.4 is 15.5 Å². The van der Waals surface area contributed by atoms with E-state index in [9.17, 15) is 14.4 Å². The number of para-hydroxylation sites is 1. The molecule has 2 saturated heterocycles. The van der Waals surface area contributed by atoms with Crippen LogP contribution in [0.4, 0.5) is 16.2 Å². The minimum atomic E-state index is -0.765. The summed E-state index contributed by atoms with van der Waals surface area (Å²) in [6.07, 6.45) is 1.84. The van der Waals surface area contributed by atoms with Crippen molar-refractivity contribution < 1.29 is 14.4 Å². The summed E-state index contributed by atoms with van der Waals surface area (Å²) in [7, 11) is 0. The molecule has 186 valence electrons. The molecule has 8 heteroatoms. The first-order valence-corrected chi connectivity index (χ1v) is 12.4. The van der Waals surface area contributed by atoms with Crippen molar-refractivity contribution >= 4 is 29.2 Å². The van der Waals surface area contributed by atoms with Crippen molar-refractivity contribution in [3.05, 3.63) is 60.2 Å². The van der Waals surface area contributed by atoms with Gasteiger partial charge in [0.05, 0.1) is 6.67 Å². The third-order valence-corrected chi connectivity index (χ3v) is 7.12. The molecule has 2 aliphatic rings. The molecule has 2 fully saturated rings. The van der Waals surface area contributed by atoms with Crippen LogP contribution in [-0.2, 0) is 9.59 Å². The number of hydrogen-bond acceptors (Lipinski definition) is 4. The van der Waals surface area contributed by atoms with Crippen LogP contribution in [0.1, 0.15) is 38.7 Å². The Balaban J connectivity index is 1.48. The topological polar surface area (TPSA) is 85.0 Å². The Morgan fingerprint density at radius 3 is 2.31 bits per heavy atom. The molecule has 0 saturated carbocycles. The van der Waals surface area contributed by atoms with E-state index in [-0.39, 0.29) is 30.4 Å². The predicted octanol–water partition coefficient (Wildman–Crippen LogP) is 3.58. The second-order valence-corrected chi connectivity index (χ2v) is 9.60. The van der Waals surface area contributed by atoms with Crippen molar-refractivity contribution in [1.29, 1.82) is 0 Å². The molecular weight excluding hydrogens is 442 g/mol. The molecule has 4 amide bonds. The summed E-state index contributed by atoms with van der Waals surface area (Å²) in [4.78, 5) is 44.7. The molecule has 2 N–H and O–H groups in total. The third kappa shape index (κ3) is 5.26. The zero-order valence-corrected chi connectivity index (χ0v) is 20.8. The fourth-order valence-corrected chi connectivity index (χ4v) is 4.84. The molecular formula is C27H35N5O3. The molecule has 1 unspecified atom stereocenters. The molecule has 0 bridgehead atoms. The van der Waals surface area contributed by atoms with Gasteiger partial charge in [0.15, 0.2) is 0 Å². The van der Waals surface area contributed by atoms with Crippen LogP contribution in [-0.4, -0.2) is 65.5 Å². The van der Waals surface area contributed by atoms with Crippen LogP contribution in [0.5, 0.6) is 0 Å². The van der Waals surface area contributed by atoms with Gasteiger partial charge in [-0.3, -0.25) is 9.59 Å². The molecule has 4 rings (SSSR count). The Hall–Kier alpha value is -3.55. The highest BCUT2D eigenvalue weighted by Crippen LogP contribution is 2.39. The normalized spacial score (nSPS) is 18.0. The number of hydrogen-bond donors (Lipinski definition) is 2. The first-order valence-electron chi connectivity index (χ1n) is 12.4. The summed E-state index contributed by atoms with van der Waals surface area (Å²) in [5, 5.41) is 5.91. The van der Waals surface area contributed by atoms with E-state index in [0.717, 1.165) is 23.4 Å². The highest BCUT2D eigenvalue weighted by Gasteiger charge is 2.54. The van der Waals surface area contributed by atoms with E-state index < -0.39 is 5.54 Å². The van der Waals surface area contributed by atoms with Gasteiger partial charge >= 0.3 is 6.03 Å². The monoisotopic (exact) mass is 477 g/mol. The quantitative estimate of drug-likeness (QED) is 0.666. The van der Waals surface area contributed by atoms with E-state index in [2.05, 4.69) is 15.5 Å². The Labute approximate surface area is 207 Å². The van der Waals surface area contributed by atoms with Crippen molar-refractivity contribution in [3.63, 3.8) is 0 Å². The molecule has 2 aromatic rings. The summed E-state index contributed by atoms with van der Waals surface area (Å²) in [5.74, 6) is -0.188. The van der Waals surface area contributed by atoms with E-state index in [1.54, 1.807) is 9.80 Å². The molecule has 0 aromatic heterocycles. The van der Waals surface area contributed by atoms with Gasteiger partial charge in [0.2, 0.25) is 5.91 Å². The first-order chi connectivity index (χ1) is 16.8. The van der Waals surface area contributed by atoms with Crippen LogP contribution in [0, 0.1) is 6.92 Å². The van der Waals surface area contributed by atoms with Crippen molar-refractivity contribution in [2.45, 2.75) is 51.6 Å². The standard InChI is InChI=1S/C27H35N5O3/c1-4-21(3)28-24(33)18-31-19-32(23-8-6-5-7-9-23)27(25(31)34)14-16-30(17-15-27)26(35)29-22-12-10-20(2)11-13-22/h5-13,21H,4,14-19H2,1-3H3,(H,28,33)(H,29,35). The van der Waals surface area contributed by atoms with E-state index in [1.807, 2.05) is 75.4 Å². The Morgan fingerprint density at radius 2 is 1.69 bits per heavy atom. The molecule has 2 heterocycles. The molecule has 35 heavy (non-hydrogen) atoms. The van der Waals surface area contributed by atoms with Crippen LogP contribution in [0.25, 0.3) is 0 Å². The molecule has 0 radical (unpaired) electrons. The lowest BCUT2D eigenvalue weighted by Gasteiger charge is -2.43. The smallest absolute Gasteiger partial charge is 0.321 e. The van der Waals surface area contributed by atoms with Gasteiger partial charge in [0, 0.05) is 30.5 Å². The predicted molar refractivity (Wildman–Crippen MR) is 137 cm³/mol. The van der Waals surface area contributed by atoms with Crippen LogP contribution in [0.3, 0.4) is 0 Å². The SMILES string of the molecule is CCC(C)NC(=O)CN1CN(c2ccccc2)C2(CCN(C(=O)Nc3ccc(C)cc3)CC2)C1=O. The van der Waals surface area contributed by atoms with E-state index in [0.29, 0.717) is 32.6 Å². The minimum absolute atomic E-state index is 0.0336. The number of carbonyl (C=O) groups excluding carboxylic acids is 3. The molecule has 0 aliphatic carbocycles. The maximum absolute atomic E-state index is 13.7. The second kappa shape index (κ2) is 10.4. The summed E-state index contributed by atoms with van der Waals surface area (Å²) in [6, 6.07) is 17.4. The highest BCUT2D eigenvalue weighted by atomic mass is 16.2. The first kappa shape index (κ1) is 24.6. The Morgan fingerprint density at radius 1 is 1.03 bits per heavy atom. The van der Waals surface area contributed by atoms with E-state index in [4.69, 9.17) is 0 Å². The van der Waals surface area contributed by atoms with Gasteiger partial charge in [-0.05, 0) is 57.4 Å². The molecule has 2 aliphatic heterocycles. The van der Waals surface area contributed by atoms with Crippen LogP contribution >= 0.6 is 0 Å². The molecule has 8 nitrogen and oxygen atoms in total. The molecule has 1 spiro atoms. The fraction of sp³-hybridized carbons (Fsp3) is 0.444. The van der Waals surface area contributed by atoms with Crippen LogP contribution in [0.15, 0.2) is 54.6 Å². The van der Waals surface area contributed by atoms with Crippen molar-refractivity contribution in [2.24, 2.45) is 0 Å². The number of anilines is 2. The average molecular weight is 478 g/mol. The summed E-state index contributed by atoms with van der Waals surface area (Å²) in [5.41, 5.74) is 2.06. The maximum Gasteiger partial charge on any atom is 0.321 e. The zero-order valence-electron chi connectivity index (χ0n) is 20.8. The van der Waals surface area contributed by atoms with Gasteiger partial charge in [-0.2, -0.15) is 0 Å². The van der Waals surface area contributed by atoms with Crippen molar-refractivity contribution in [1.82, 2.24) is 15.1 Å². The van der Waals surface area contributed by atoms with E-state index in [1.165, 1.54) is 0 Å². The molecule has 1 atom stereocenters. The number of amides is 4. The second-order valence-electron chi connectivity index (χ2n) is 9.60. The summed E-state index contributed by atoms with van der Waals surface area (Å²) in [6.45, 7) is 7.28. The number of aryl methyl sites for hydroxylation is 1. The lowest BCUT2D eigenvalue weighted by atomic mass is 9.85. The number of urea groups is 1. The maximum atomic E-state index is 13.7. The number of likely N-dealkylation sites (tertiary alicyclic amines) is 1. The highest BCUT2D eigenvalue weighted by molar-refractivity contribution is 5.97. The minimum Gasteiger partial charge on any atom is -0.352 e. The van der Waals surface area contributed by atoms with E-state index >= 15 is 0 Å². The van der Waals surface area contributed by atoms with Crippen molar-refractivity contribution in [3.8, 4) is 0 Å². The average Bonchev–Trinajstić information content (AvgIpc) is 3.12. The van der Waals surface area contributed by atoms with Crippen LogP contribution in [0.2, 0.25) is 0 Å². The zero-order chi connectivity index (χ0) is 25.0. The van der Waals surface area contributed by atoms with Gasteiger partial charge in [-0.25, -0.2) is 4.79 Å². The summed E-state index contributed by atoms with van der Waals surface area (Å²) < 4.78 is 0. The molecule has 2 aromatic carbocycles. The Kier molecular flexibility index (Phi) is 7.28. The largest absolute Gasteiger partial charge is 0.352 e. The van der Waals surface area contributed by atoms with Crippen molar-refractivity contribution in [2.75, 3.05) is 36.5 Å². The van der Waals surface area contributed by atoms with Gasteiger partial charge in [-0.1, -0.05) is 42.8 Å². The van der Waals surface area contributed by atoms with Gasteiger partial charge in [0.25, 0.3) is 5.91 Å². The lowest BCUT2D eigenvalue weighted by Crippen LogP contribution is -2.58. The number of piperidine rings is 1. The number of carbonyl (C=O) groups is 3. The number of nitrogens with zero attached hydrogens (tertiary/aromatic N) is 3. The number of benzene rings is 2. The number of rotatable bonds is 6. The third-order valence-electron chi connectivity index (χ3n) is 7.12. The van der Waals surface area contributed by atoms with Gasteiger partial charge in [-0.15, -0.1) is 0 Å². The van der Waals surface area contributed by atoms with Gasteiger partial charge in [0.1, 0.15) is 12.1 Å². The lowest BCUT2D eigenvalue weighted by molar-refractivity contribution is -0.137. The number of nitrogens with one attached hydrogen (secondary N) is 2. The van der Waals surface area contributed by atoms with Gasteiger partial charge < -0.3 is 25.3 Å². The fourth-order valence-electron chi connectivity index (χ4n) is 4.84.